The molecule has 1 saturated heterocycles. The third kappa shape index (κ3) is 3.41. The molecule has 0 bridgehead atoms. The zero-order chi connectivity index (χ0) is 14.5. The van der Waals surface area contributed by atoms with Crippen LogP contribution in [0.25, 0.3) is 0 Å². The number of halogens is 1. The van der Waals surface area contributed by atoms with Crippen LogP contribution < -0.4 is 15.8 Å². The van der Waals surface area contributed by atoms with E-state index in [0.717, 1.165) is 44.5 Å². The van der Waals surface area contributed by atoms with Crippen molar-refractivity contribution >= 4 is 21.6 Å². The predicted octanol–water partition coefficient (Wildman–Crippen LogP) is 1.99. The maximum Gasteiger partial charge on any atom is 0.283 e. The van der Waals surface area contributed by atoms with Gasteiger partial charge in [-0.1, -0.05) is 13.3 Å². The highest BCUT2D eigenvalue weighted by molar-refractivity contribution is 9.10. The lowest BCUT2D eigenvalue weighted by Crippen LogP contribution is -2.42. The molecule has 1 fully saturated rings. The number of unbranched alkanes of at least 4 members (excludes halogenated alkanes) is 1. The molecule has 0 saturated carbocycles. The smallest absolute Gasteiger partial charge is 0.283 e. The van der Waals surface area contributed by atoms with Crippen molar-refractivity contribution in [3.8, 4) is 0 Å². The van der Waals surface area contributed by atoms with Crippen LogP contribution >= 0.6 is 15.9 Å². The van der Waals surface area contributed by atoms with E-state index in [-0.39, 0.29) is 5.56 Å². The van der Waals surface area contributed by atoms with E-state index in [1.165, 1.54) is 0 Å². The van der Waals surface area contributed by atoms with Crippen molar-refractivity contribution in [3.05, 3.63) is 21.0 Å². The van der Waals surface area contributed by atoms with Gasteiger partial charge in [0.25, 0.3) is 5.56 Å². The van der Waals surface area contributed by atoms with Crippen LogP contribution in [-0.2, 0) is 6.54 Å². The molecule has 1 aromatic rings. The van der Waals surface area contributed by atoms with E-state index >= 15 is 0 Å². The summed E-state index contributed by atoms with van der Waals surface area (Å²) in [5.41, 5.74) is 0.906. The summed E-state index contributed by atoms with van der Waals surface area (Å²) in [6.45, 7) is 4.73. The minimum absolute atomic E-state index is 0.0216. The lowest BCUT2D eigenvalue weighted by atomic mass is 10.1. The van der Waals surface area contributed by atoms with E-state index in [1.54, 1.807) is 4.68 Å². The van der Waals surface area contributed by atoms with E-state index in [0.29, 0.717) is 17.1 Å². The first-order valence-electron chi connectivity index (χ1n) is 7.35. The van der Waals surface area contributed by atoms with Crippen LogP contribution in [0.2, 0.25) is 0 Å². The molecular formula is C14H23BrN4O. The second kappa shape index (κ2) is 7.22. The molecule has 6 heteroatoms. The zero-order valence-corrected chi connectivity index (χ0v) is 13.8. The Labute approximate surface area is 128 Å². The lowest BCUT2D eigenvalue weighted by molar-refractivity contribution is 0.441. The fourth-order valence-corrected chi connectivity index (χ4v) is 3.11. The maximum atomic E-state index is 12.3. The number of nitrogens with one attached hydrogen (secondary N) is 1. The Morgan fingerprint density at radius 1 is 1.45 bits per heavy atom. The van der Waals surface area contributed by atoms with Gasteiger partial charge in [-0.05, 0) is 42.2 Å². The second-order valence-corrected chi connectivity index (χ2v) is 6.07. The van der Waals surface area contributed by atoms with Gasteiger partial charge >= 0.3 is 0 Å². The first-order chi connectivity index (χ1) is 9.67. The lowest BCUT2D eigenvalue weighted by Gasteiger charge is -2.33. The largest absolute Gasteiger partial charge is 0.369 e. The number of piperidine rings is 1. The quantitative estimate of drug-likeness (QED) is 0.888. The predicted molar refractivity (Wildman–Crippen MR) is 85.4 cm³/mol. The summed E-state index contributed by atoms with van der Waals surface area (Å²) in [6.07, 6.45) is 6.06. The summed E-state index contributed by atoms with van der Waals surface area (Å²) in [4.78, 5) is 14.5. The van der Waals surface area contributed by atoms with Crippen molar-refractivity contribution in [2.75, 3.05) is 25.0 Å². The summed E-state index contributed by atoms with van der Waals surface area (Å²) in [6, 6.07) is 0.586. The highest BCUT2D eigenvalue weighted by Gasteiger charge is 2.21. The van der Waals surface area contributed by atoms with E-state index in [4.69, 9.17) is 0 Å². The van der Waals surface area contributed by atoms with Crippen molar-refractivity contribution in [1.82, 2.24) is 15.1 Å². The van der Waals surface area contributed by atoms with Gasteiger partial charge in [0, 0.05) is 25.7 Å². The molecular weight excluding hydrogens is 320 g/mol. The minimum Gasteiger partial charge on any atom is -0.369 e. The standard InChI is InChI=1S/C14H23BrN4O/c1-3-4-7-19-14(20)13(15)12(10-17-19)18-8-5-11(16-2)6-9-18/h10-11,16H,3-9H2,1-2H3. The Balaban J connectivity index is 2.13. The monoisotopic (exact) mass is 342 g/mol. The molecule has 0 amide bonds. The van der Waals surface area contributed by atoms with E-state index in [2.05, 4.69) is 38.2 Å². The van der Waals surface area contributed by atoms with Crippen LogP contribution in [0.3, 0.4) is 0 Å². The van der Waals surface area contributed by atoms with Gasteiger partial charge in [0.15, 0.2) is 0 Å². The number of rotatable bonds is 5. The number of aryl methyl sites for hydroxylation is 1. The summed E-state index contributed by atoms with van der Waals surface area (Å²) in [7, 11) is 2.01. The molecule has 1 aliphatic heterocycles. The van der Waals surface area contributed by atoms with Gasteiger partial charge in [-0.3, -0.25) is 4.79 Å². The molecule has 2 rings (SSSR count). The molecule has 0 unspecified atom stereocenters. The summed E-state index contributed by atoms with van der Waals surface area (Å²) in [5.74, 6) is 0. The van der Waals surface area contributed by atoms with Gasteiger partial charge in [0.05, 0.1) is 11.9 Å². The van der Waals surface area contributed by atoms with Crippen molar-refractivity contribution in [2.24, 2.45) is 0 Å². The molecule has 0 radical (unpaired) electrons. The topological polar surface area (TPSA) is 50.2 Å². The molecule has 0 aromatic carbocycles. The van der Waals surface area contributed by atoms with Gasteiger partial charge in [0.2, 0.25) is 0 Å². The molecule has 1 aliphatic rings. The van der Waals surface area contributed by atoms with Crippen LogP contribution in [0.4, 0.5) is 5.69 Å². The number of hydrogen-bond donors (Lipinski definition) is 1. The van der Waals surface area contributed by atoms with E-state index in [9.17, 15) is 4.79 Å². The summed E-state index contributed by atoms with van der Waals surface area (Å²) < 4.78 is 2.20. The Morgan fingerprint density at radius 3 is 2.75 bits per heavy atom. The molecule has 1 N–H and O–H groups in total. The van der Waals surface area contributed by atoms with Gasteiger partial charge < -0.3 is 10.2 Å². The fourth-order valence-electron chi connectivity index (χ4n) is 2.55. The van der Waals surface area contributed by atoms with Crippen LogP contribution in [-0.4, -0.2) is 36.0 Å². The SMILES string of the molecule is CCCCn1ncc(N2CCC(NC)CC2)c(Br)c1=O. The fraction of sp³-hybridized carbons (Fsp3) is 0.714. The minimum atomic E-state index is -0.0216. The van der Waals surface area contributed by atoms with E-state index in [1.807, 2.05) is 13.2 Å². The zero-order valence-electron chi connectivity index (χ0n) is 12.2. The number of nitrogens with zero attached hydrogens (tertiary/aromatic N) is 3. The Kier molecular flexibility index (Phi) is 5.60. The van der Waals surface area contributed by atoms with Crippen LogP contribution in [0.5, 0.6) is 0 Å². The Hall–Kier alpha value is -0.880. The first kappa shape index (κ1) is 15.5. The third-order valence-corrected chi connectivity index (χ3v) is 4.68. The highest BCUT2D eigenvalue weighted by Crippen LogP contribution is 2.24. The number of anilines is 1. The normalized spacial score (nSPS) is 16.6. The molecule has 20 heavy (non-hydrogen) atoms. The van der Waals surface area contributed by atoms with Crippen molar-refractivity contribution in [1.29, 1.82) is 0 Å². The summed E-state index contributed by atoms with van der Waals surface area (Å²) in [5, 5.41) is 7.62. The van der Waals surface area contributed by atoms with E-state index < -0.39 is 0 Å². The average Bonchev–Trinajstić information content (AvgIpc) is 2.49. The van der Waals surface area contributed by atoms with Crippen molar-refractivity contribution < 1.29 is 0 Å². The average molecular weight is 343 g/mol. The van der Waals surface area contributed by atoms with Crippen molar-refractivity contribution in [3.63, 3.8) is 0 Å². The number of hydrogen-bond acceptors (Lipinski definition) is 4. The maximum absolute atomic E-state index is 12.3. The third-order valence-electron chi connectivity index (χ3n) is 3.93. The Morgan fingerprint density at radius 2 is 2.15 bits per heavy atom. The first-order valence-corrected chi connectivity index (χ1v) is 8.14. The van der Waals surface area contributed by atoms with Crippen molar-refractivity contribution in [2.45, 2.75) is 45.2 Å². The van der Waals surface area contributed by atoms with Crippen LogP contribution in [0.15, 0.2) is 15.5 Å². The second-order valence-electron chi connectivity index (χ2n) is 5.28. The molecule has 0 spiro atoms. The van der Waals surface area contributed by atoms with Crippen LogP contribution in [0.1, 0.15) is 32.6 Å². The highest BCUT2D eigenvalue weighted by atomic mass is 79.9. The molecule has 0 atom stereocenters. The number of aromatic nitrogens is 2. The molecule has 112 valence electrons. The Bertz CT molecular complexity index is 494. The van der Waals surface area contributed by atoms with Gasteiger partial charge in [-0.25, -0.2) is 4.68 Å². The summed E-state index contributed by atoms with van der Waals surface area (Å²) >= 11 is 3.46. The molecule has 2 heterocycles. The molecule has 0 aliphatic carbocycles. The van der Waals surface area contributed by atoms with Gasteiger partial charge in [0.1, 0.15) is 4.47 Å². The molecule has 5 nitrogen and oxygen atoms in total. The molecule has 1 aromatic heterocycles. The van der Waals surface area contributed by atoms with Gasteiger partial charge in [-0.2, -0.15) is 5.10 Å². The van der Waals surface area contributed by atoms with Gasteiger partial charge in [-0.15, -0.1) is 0 Å². The van der Waals surface area contributed by atoms with Crippen LogP contribution in [0, 0.1) is 0 Å².